The Balaban J connectivity index is 1.88. The summed E-state index contributed by atoms with van der Waals surface area (Å²) in [5.41, 5.74) is 6.24. The van der Waals surface area contributed by atoms with Crippen LogP contribution < -0.4 is 11.1 Å². The Labute approximate surface area is 110 Å². The zero-order chi connectivity index (χ0) is 13.1. The van der Waals surface area contributed by atoms with Crippen molar-refractivity contribution in [2.75, 3.05) is 13.7 Å². The number of carbonyl (C=O) groups excluding carboxylic acids is 1. The van der Waals surface area contributed by atoms with E-state index >= 15 is 0 Å². The highest BCUT2D eigenvalue weighted by molar-refractivity contribution is 5.79. The molecule has 2 aliphatic carbocycles. The van der Waals surface area contributed by atoms with Crippen LogP contribution in [0.25, 0.3) is 0 Å². The molecule has 0 aromatic carbocycles. The molecular formula is C14H26N2O2. The molecule has 1 amide bonds. The molecule has 18 heavy (non-hydrogen) atoms. The Morgan fingerprint density at radius 3 is 2.56 bits per heavy atom. The van der Waals surface area contributed by atoms with Crippen LogP contribution in [0.3, 0.4) is 0 Å². The summed E-state index contributed by atoms with van der Waals surface area (Å²) in [6.45, 7) is 2.56. The van der Waals surface area contributed by atoms with Crippen LogP contribution in [-0.4, -0.2) is 31.7 Å². The summed E-state index contributed by atoms with van der Waals surface area (Å²) in [7, 11) is 1.66. The lowest BCUT2D eigenvalue weighted by Gasteiger charge is -2.43. The molecule has 2 rings (SSSR count). The van der Waals surface area contributed by atoms with Crippen molar-refractivity contribution in [3.8, 4) is 0 Å². The van der Waals surface area contributed by atoms with Gasteiger partial charge in [-0.2, -0.15) is 0 Å². The van der Waals surface area contributed by atoms with Crippen LogP contribution in [0, 0.1) is 17.8 Å². The maximum absolute atomic E-state index is 12.2. The zero-order valence-electron chi connectivity index (χ0n) is 11.5. The lowest BCUT2D eigenvalue weighted by atomic mass is 9.65. The van der Waals surface area contributed by atoms with E-state index in [0.717, 1.165) is 12.8 Å². The van der Waals surface area contributed by atoms with Crippen molar-refractivity contribution in [2.24, 2.45) is 23.5 Å². The minimum Gasteiger partial charge on any atom is -0.383 e. The predicted molar refractivity (Wildman–Crippen MR) is 71.0 cm³/mol. The second-order valence-corrected chi connectivity index (χ2v) is 6.06. The monoisotopic (exact) mass is 254 g/mol. The average Bonchev–Trinajstić information content (AvgIpc) is 2.28. The fourth-order valence-corrected chi connectivity index (χ4v) is 3.66. The zero-order valence-corrected chi connectivity index (χ0v) is 11.5. The summed E-state index contributed by atoms with van der Waals surface area (Å²) in [5, 5.41) is 3.05. The quantitative estimate of drug-likeness (QED) is 0.794. The number of hydrogen-bond donors (Lipinski definition) is 2. The minimum atomic E-state index is 0.0953. The smallest absolute Gasteiger partial charge is 0.223 e. The molecular weight excluding hydrogens is 228 g/mol. The molecule has 2 saturated carbocycles. The van der Waals surface area contributed by atoms with E-state index < -0.39 is 0 Å². The molecule has 2 bridgehead atoms. The highest BCUT2D eigenvalue weighted by Gasteiger charge is 2.40. The molecule has 0 saturated heterocycles. The Morgan fingerprint density at radius 1 is 1.39 bits per heavy atom. The third-order valence-corrected chi connectivity index (χ3v) is 4.59. The van der Waals surface area contributed by atoms with E-state index in [4.69, 9.17) is 10.5 Å². The molecule has 0 spiro atoms. The maximum atomic E-state index is 12.2. The summed E-state index contributed by atoms with van der Waals surface area (Å²) < 4.78 is 5.05. The molecule has 2 fully saturated rings. The highest BCUT2D eigenvalue weighted by atomic mass is 16.5. The average molecular weight is 254 g/mol. The number of nitrogens with one attached hydrogen (secondary N) is 1. The summed E-state index contributed by atoms with van der Waals surface area (Å²) in [6, 6.07) is 0.428. The Morgan fingerprint density at radius 2 is 2.00 bits per heavy atom. The standard InChI is InChI=1S/C14H26N2O2/c1-9(8-18-2)16-14(17)12-6-10-4-3-5-11(7-12)13(10)15/h9-13H,3-8,15H2,1-2H3,(H,16,17)/t9-,10?,11?,12?,13?/m1/s1. The van der Waals surface area contributed by atoms with Gasteiger partial charge in [0, 0.05) is 25.1 Å². The molecule has 3 N–H and O–H groups in total. The third-order valence-electron chi connectivity index (χ3n) is 4.59. The Hall–Kier alpha value is -0.610. The molecule has 2 aliphatic rings. The van der Waals surface area contributed by atoms with Crippen LogP contribution in [0.4, 0.5) is 0 Å². The number of ether oxygens (including phenoxy) is 1. The first-order valence-corrected chi connectivity index (χ1v) is 7.16. The number of carbonyl (C=O) groups is 1. The van der Waals surface area contributed by atoms with Gasteiger partial charge in [-0.1, -0.05) is 6.42 Å². The first kappa shape index (κ1) is 13.8. The number of nitrogens with two attached hydrogens (primary N) is 1. The summed E-state index contributed by atoms with van der Waals surface area (Å²) in [6.07, 6.45) is 5.65. The van der Waals surface area contributed by atoms with Crippen molar-refractivity contribution in [2.45, 2.75) is 51.1 Å². The second-order valence-electron chi connectivity index (χ2n) is 6.06. The minimum absolute atomic E-state index is 0.0953. The molecule has 4 heteroatoms. The van der Waals surface area contributed by atoms with Gasteiger partial charge in [-0.3, -0.25) is 4.79 Å². The number of hydrogen-bond acceptors (Lipinski definition) is 3. The van der Waals surface area contributed by atoms with Gasteiger partial charge in [0.15, 0.2) is 0 Å². The molecule has 2 unspecified atom stereocenters. The molecule has 0 radical (unpaired) electrons. The number of methoxy groups -OCH3 is 1. The first-order chi connectivity index (χ1) is 8.61. The molecule has 104 valence electrons. The summed E-state index contributed by atoms with van der Waals surface area (Å²) >= 11 is 0. The van der Waals surface area contributed by atoms with Crippen LogP contribution in [0.1, 0.15) is 39.0 Å². The van der Waals surface area contributed by atoms with Gasteiger partial charge in [0.1, 0.15) is 0 Å². The predicted octanol–water partition coefficient (Wildman–Crippen LogP) is 1.29. The van der Waals surface area contributed by atoms with E-state index in [2.05, 4.69) is 5.32 Å². The Bertz CT molecular complexity index is 282. The van der Waals surface area contributed by atoms with Gasteiger partial charge in [-0.15, -0.1) is 0 Å². The van der Waals surface area contributed by atoms with Gasteiger partial charge in [0.2, 0.25) is 5.91 Å². The van der Waals surface area contributed by atoms with Crippen molar-refractivity contribution in [1.29, 1.82) is 0 Å². The van der Waals surface area contributed by atoms with E-state index in [0.29, 0.717) is 24.5 Å². The third kappa shape index (κ3) is 3.04. The van der Waals surface area contributed by atoms with E-state index in [1.165, 1.54) is 19.3 Å². The van der Waals surface area contributed by atoms with Crippen LogP contribution in [0.15, 0.2) is 0 Å². The molecule has 0 aliphatic heterocycles. The molecule has 0 aromatic rings. The lowest BCUT2D eigenvalue weighted by Crippen LogP contribution is -2.50. The first-order valence-electron chi connectivity index (χ1n) is 7.16. The van der Waals surface area contributed by atoms with Gasteiger partial charge in [-0.25, -0.2) is 0 Å². The number of fused-ring (bicyclic) bond motifs is 2. The van der Waals surface area contributed by atoms with E-state index in [9.17, 15) is 4.79 Å². The SMILES string of the molecule is COC[C@@H](C)NC(=O)C1CC2CCCC(C1)C2N. The fraction of sp³-hybridized carbons (Fsp3) is 0.929. The number of rotatable bonds is 4. The van der Waals surface area contributed by atoms with Gasteiger partial charge in [0.25, 0.3) is 0 Å². The van der Waals surface area contributed by atoms with Crippen LogP contribution >= 0.6 is 0 Å². The highest BCUT2D eigenvalue weighted by Crippen LogP contribution is 2.41. The number of amides is 1. The van der Waals surface area contributed by atoms with Gasteiger partial charge < -0.3 is 15.8 Å². The van der Waals surface area contributed by atoms with E-state index in [1.54, 1.807) is 7.11 Å². The second kappa shape index (κ2) is 6.02. The molecule has 0 heterocycles. The van der Waals surface area contributed by atoms with E-state index in [-0.39, 0.29) is 17.9 Å². The van der Waals surface area contributed by atoms with Crippen molar-refractivity contribution in [1.82, 2.24) is 5.32 Å². The normalized spacial score (nSPS) is 37.1. The molecule has 3 atom stereocenters. The van der Waals surface area contributed by atoms with Crippen molar-refractivity contribution >= 4 is 5.91 Å². The van der Waals surface area contributed by atoms with Gasteiger partial charge >= 0.3 is 0 Å². The molecule has 0 aromatic heterocycles. The van der Waals surface area contributed by atoms with Gasteiger partial charge in [0.05, 0.1) is 6.61 Å². The van der Waals surface area contributed by atoms with Crippen molar-refractivity contribution < 1.29 is 9.53 Å². The van der Waals surface area contributed by atoms with Crippen LogP contribution in [-0.2, 0) is 9.53 Å². The summed E-state index contributed by atoms with van der Waals surface area (Å²) in [5.74, 6) is 1.49. The lowest BCUT2D eigenvalue weighted by molar-refractivity contribution is -0.128. The largest absolute Gasteiger partial charge is 0.383 e. The van der Waals surface area contributed by atoms with Gasteiger partial charge in [-0.05, 0) is 44.4 Å². The van der Waals surface area contributed by atoms with Crippen LogP contribution in [0.2, 0.25) is 0 Å². The van der Waals surface area contributed by atoms with Crippen molar-refractivity contribution in [3.05, 3.63) is 0 Å². The summed E-state index contributed by atoms with van der Waals surface area (Å²) in [4.78, 5) is 12.2. The fourth-order valence-electron chi connectivity index (χ4n) is 3.66. The van der Waals surface area contributed by atoms with E-state index in [1.807, 2.05) is 6.92 Å². The maximum Gasteiger partial charge on any atom is 0.223 e. The Kier molecular flexibility index (Phi) is 4.62. The topological polar surface area (TPSA) is 64.3 Å². The van der Waals surface area contributed by atoms with Crippen molar-refractivity contribution in [3.63, 3.8) is 0 Å². The van der Waals surface area contributed by atoms with Crippen LogP contribution in [0.5, 0.6) is 0 Å². The molecule has 4 nitrogen and oxygen atoms in total.